The molecule has 11 heteroatoms. The fourth-order valence-electron chi connectivity index (χ4n) is 3.32. The molecule has 3 rings (SSSR count). The van der Waals surface area contributed by atoms with Gasteiger partial charge >= 0.3 is 6.09 Å². The number of aromatic nitrogens is 3. The van der Waals surface area contributed by atoms with E-state index in [0.717, 1.165) is 0 Å². The number of amides is 1. The molecule has 1 aromatic carbocycles. The highest BCUT2D eigenvalue weighted by Crippen LogP contribution is 2.40. The van der Waals surface area contributed by atoms with E-state index < -0.39 is 35.5 Å². The van der Waals surface area contributed by atoms with Gasteiger partial charge in [-0.1, -0.05) is 25.9 Å². The topological polar surface area (TPSA) is 134 Å². The minimum Gasteiger partial charge on any atom is -0.443 e. The zero-order valence-electron chi connectivity index (χ0n) is 18.5. The number of halogens is 2. The quantitative estimate of drug-likeness (QED) is 0.451. The van der Waals surface area contributed by atoms with Gasteiger partial charge in [0.25, 0.3) is 5.88 Å². The summed E-state index contributed by atoms with van der Waals surface area (Å²) in [6.07, 6.45) is -1.59. The number of carbonyl (C=O) groups excluding carboxylic acids is 1. The number of aliphatic hydroxyl groups excluding tert-OH is 1. The summed E-state index contributed by atoms with van der Waals surface area (Å²) < 4.78 is 30.6. The number of pyridine rings is 1. The first-order chi connectivity index (χ1) is 15.5. The molecule has 2 unspecified atom stereocenters. The van der Waals surface area contributed by atoms with Crippen molar-refractivity contribution in [1.82, 2.24) is 15.1 Å². The molecule has 0 fully saturated rings. The Hall–Kier alpha value is -3.05. The first kappa shape index (κ1) is 24.6. The lowest BCUT2D eigenvalue weighted by atomic mass is 9.75. The van der Waals surface area contributed by atoms with Gasteiger partial charge in [0, 0.05) is 16.2 Å². The minimum atomic E-state index is -1.03. The van der Waals surface area contributed by atoms with E-state index in [9.17, 15) is 14.3 Å². The summed E-state index contributed by atoms with van der Waals surface area (Å²) in [6.45, 7) is 7.17. The summed E-state index contributed by atoms with van der Waals surface area (Å²) >= 11 is 3.14. The average Bonchev–Trinajstić information content (AvgIpc) is 3.18. The number of hydrogen-bond acceptors (Lipinski definition) is 8. The van der Waals surface area contributed by atoms with E-state index in [4.69, 9.17) is 19.7 Å². The largest absolute Gasteiger partial charge is 0.443 e. The van der Waals surface area contributed by atoms with Gasteiger partial charge in [-0.05, 0) is 58.6 Å². The van der Waals surface area contributed by atoms with Crippen molar-refractivity contribution in [2.75, 3.05) is 0 Å². The molecule has 0 spiro atoms. The van der Waals surface area contributed by atoms with Gasteiger partial charge < -0.3 is 24.8 Å². The smallest absolute Gasteiger partial charge is 0.404 e. The molecule has 3 aromatic rings. The summed E-state index contributed by atoms with van der Waals surface area (Å²) in [5.74, 6) is -0.545. The molecule has 0 saturated carbocycles. The van der Waals surface area contributed by atoms with Crippen molar-refractivity contribution in [1.29, 1.82) is 0 Å². The van der Waals surface area contributed by atoms with Gasteiger partial charge in [-0.2, -0.15) is 4.98 Å². The number of ether oxygens (including phenoxy) is 2. The van der Waals surface area contributed by atoms with E-state index in [2.05, 4.69) is 31.1 Å². The Bertz CT molecular complexity index is 1110. The molecule has 2 heterocycles. The maximum absolute atomic E-state index is 13.9. The lowest BCUT2D eigenvalue weighted by Crippen LogP contribution is -2.42. The van der Waals surface area contributed by atoms with Crippen LogP contribution >= 0.6 is 15.9 Å². The molecule has 9 nitrogen and oxygen atoms in total. The maximum atomic E-state index is 13.9. The Balaban J connectivity index is 1.85. The van der Waals surface area contributed by atoms with Gasteiger partial charge in [0.2, 0.25) is 11.7 Å². The lowest BCUT2D eigenvalue weighted by molar-refractivity contribution is -0.0288. The molecule has 0 aliphatic heterocycles. The molecule has 3 atom stereocenters. The van der Waals surface area contributed by atoms with Crippen LogP contribution in [0.25, 0.3) is 11.4 Å². The second-order valence-corrected chi connectivity index (χ2v) is 9.42. The predicted molar refractivity (Wildman–Crippen MR) is 120 cm³/mol. The van der Waals surface area contributed by atoms with Crippen LogP contribution in [-0.2, 0) is 4.74 Å². The van der Waals surface area contributed by atoms with Crippen LogP contribution < -0.4 is 10.5 Å². The minimum absolute atomic E-state index is 0.153. The number of hydrogen-bond donors (Lipinski definition) is 2. The molecular weight excluding hydrogens is 499 g/mol. The number of benzene rings is 1. The van der Waals surface area contributed by atoms with Crippen molar-refractivity contribution < 1.29 is 28.3 Å². The molecule has 0 aliphatic rings. The summed E-state index contributed by atoms with van der Waals surface area (Å²) in [4.78, 5) is 19.7. The number of rotatable bonds is 7. The second-order valence-electron chi connectivity index (χ2n) is 8.51. The number of primary amides is 1. The third kappa shape index (κ3) is 6.05. The SMILES string of the molecule is CC(O)[C@@H](OC(N)=O)C(c1nc(-c2ccc(Oc3ncc(Br)cc3F)cc2)no1)C(C)(C)C. The van der Waals surface area contributed by atoms with Crippen molar-refractivity contribution in [2.24, 2.45) is 11.1 Å². The highest BCUT2D eigenvalue weighted by atomic mass is 79.9. The van der Waals surface area contributed by atoms with E-state index in [1.807, 2.05) is 20.8 Å². The number of nitrogens with zero attached hydrogens (tertiary/aromatic N) is 3. The van der Waals surface area contributed by atoms with E-state index in [0.29, 0.717) is 15.8 Å². The molecular formula is C22H24BrFN4O5. The molecule has 3 N–H and O–H groups in total. The lowest BCUT2D eigenvalue weighted by Gasteiger charge is -2.34. The van der Waals surface area contributed by atoms with Crippen LogP contribution in [0.4, 0.5) is 9.18 Å². The monoisotopic (exact) mass is 522 g/mol. The highest BCUT2D eigenvalue weighted by molar-refractivity contribution is 9.10. The van der Waals surface area contributed by atoms with E-state index in [1.54, 1.807) is 24.3 Å². The number of nitrogens with two attached hydrogens (primary N) is 1. The summed E-state index contributed by atoms with van der Waals surface area (Å²) in [6, 6.07) is 7.85. The van der Waals surface area contributed by atoms with Gasteiger partial charge in [-0.15, -0.1) is 0 Å². The Kier molecular flexibility index (Phi) is 7.33. The first-order valence-corrected chi connectivity index (χ1v) is 10.8. The van der Waals surface area contributed by atoms with E-state index in [1.165, 1.54) is 19.2 Å². The first-order valence-electron chi connectivity index (χ1n) is 10.0. The van der Waals surface area contributed by atoms with E-state index in [-0.39, 0.29) is 17.6 Å². The van der Waals surface area contributed by atoms with Crippen molar-refractivity contribution in [3.05, 3.63) is 52.7 Å². The van der Waals surface area contributed by atoms with Crippen LogP contribution in [0.5, 0.6) is 11.6 Å². The fraction of sp³-hybridized carbons (Fsp3) is 0.364. The van der Waals surface area contributed by atoms with Crippen LogP contribution in [-0.4, -0.2) is 38.5 Å². The van der Waals surface area contributed by atoms with Gasteiger partial charge in [-0.25, -0.2) is 14.2 Å². The Morgan fingerprint density at radius 2 is 1.94 bits per heavy atom. The third-order valence-corrected chi connectivity index (χ3v) is 5.23. The van der Waals surface area contributed by atoms with Crippen LogP contribution in [0.2, 0.25) is 0 Å². The molecule has 0 saturated heterocycles. The molecule has 0 aliphatic carbocycles. The number of carbonyl (C=O) groups is 1. The van der Waals surface area contributed by atoms with Gasteiger partial charge in [0.05, 0.1) is 12.0 Å². The number of aliphatic hydroxyl groups is 1. The third-order valence-electron chi connectivity index (χ3n) is 4.80. The predicted octanol–water partition coefficient (Wildman–Crippen LogP) is 4.80. The van der Waals surface area contributed by atoms with Crippen LogP contribution in [0.15, 0.2) is 45.5 Å². The average molecular weight is 523 g/mol. The zero-order chi connectivity index (χ0) is 24.3. The summed E-state index contributed by atoms with van der Waals surface area (Å²) in [5.41, 5.74) is 5.29. The Labute approximate surface area is 198 Å². The van der Waals surface area contributed by atoms with Crippen LogP contribution in [0.1, 0.15) is 39.5 Å². The summed E-state index contributed by atoms with van der Waals surface area (Å²) in [5, 5.41) is 14.2. The Morgan fingerprint density at radius 1 is 1.27 bits per heavy atom. The van der Waals surface area contributed by atoms with Gasteiger partial charge in [0.1, 0.15) is 11.9 Å². The maximum Gasteiger partial charge on any atom is 0.404 e. The fourth-order valence-corrected chi connectivity index (χ4v) is 3.63. The molecule has 0 bridgehead atoms. The zero-order valence-corrected chi connectivity index (χ0v) is 20.0. The normalized spacial score (nSPS) is 14.4. The molecule has 0 radical (unpaired) electrons. The van der Waals surface area contributed by atoms with Crippen molar-refractivity contribution in [2.45, 2.75) is 45.8 Å². The molecule has 33 heavy (non-hydrogen) atoms. The molecule has 2 aromatic heterocycles. The highest BCUT2D eigenvalue weighted by Gasteiger charge is 2.42. The second kappa shape index (κ2) is 9.84. The van der Waals surface area contributed by atoms with Crippen molar-refractivity contribution >= 4 is 22.0 Å². The molecule has 1 amide bonds. The Morgan fingerprint density at radius 3 is 2.48 bits per heavy atom. The van der Waals surface area contributed by atoms with Crippen LogP contribution in [0.3, 0.4) is 0 Å². The summed E-state index contributed by atoms with van der Waals surface area (Å²) in [7, 11) is 0. The standard InChI is InChI=1S/C22H24BrFN4O5/c1-11(29)17(32-21(25)30)16(22(2,3)4)20-27-18(28-33-20)12-5-7-14(8-6-12)31-19-15(24)9-13(23)10-26-19/h5-11,16-17,29H,1-4H3,(H2,25,30)/t11?,16?,17-/m1/s1. The van der Waals surface area contributed by atoms with E-state index >= 15 is 0 Å². The van der Waals surface area contributed by atoms with Crippen molar-refractivity contribution in [3.63, 3.8) is 0 Å². The van der Waals surface area contributed by atoms with Gasteiger partial charge in [0.15, 0.2) is 5.82 Å². The van der Waals surface area contributed by atoms with Crippen LogP contribution in [0, 0.1) is 11.2 Å². The van der Waals surface area contributed by atoms with Crippen molar-refractivity contribution in [3.8, 4) is 23.0 Å². The molecule has 176 valence electrons. The van der Waals surface area contributed by atoms with Gasteiger partial charge in [-0.3, -0.25) is 0 Å².